The van der Waals surface area contributed by atoms with Crippen LogP contribution in [-0.4, -0.2) is 40.1 Å². The summed E-state index contributed by atoms with van der Waals surface area (Å²) in [6.07, 6.45) is 2.01. The highest BCUT2D eigenvalue weighted by molar-refractivity contribution is 5.46. The first-order chi connectivity index (χ1) is 9.36. The first kappa shape index (κ1) is 15.8. The van der Waals surface area contributed by atoms with Gasteiger partial charge in [0.25, 0.3) is 0 Å². The number of anilines is 1. The summed E-state index contributed by atoms with van der Waals surface area (Å²) in [5.74, 6) is 0.926. The van der Waals surface area contributed by atoms with E-state index in [0.717, 1.165) is 44.0 Å². The second-order valence-electron chi connectivity index (χ2n) is 4.26. The third-order valence-electron chi connectivity index (χ3n) is 2.55. The SMILES string of the molecule is CCCOc1ccc(NCCCOCCOC)cc1. The molecule has 0 aromatic heterocycles. The Kier molecular flexibility index (Phi) is 8.85. The Morgan fingerprint density at radius 2 is 1.79 bits per heavy atom. The van der Waals surface area contributed by atoms with Crippen LogP contribution in [0.15, 0.2) is 24.3 Å². The minimum Gasteiger partial charge on any atom is -0.494 e. The molecule has 0 heterocycles. The fraction of sp³-hybridized carbons (Fsp3) is 0.600. The van der Waals surface area contributed by atoms with E-state index in [1.165, 1.54) is 0 Å². The van der Waals surface area contributed by atoms with E-state index in [1.807, 2.05) is 24.3 Å². The Bertz CT molecular complexity index is 314. The second kappa shape index (κ2) is 10.6. The maximum Gasteiger partial charge on any atom is 0.119 e. The van der Waals surface area contributed by atoms with Crippen molar-refractivity contribution in [2.45, 2.75) is 19.8 Å². The molecule has 0 saturated carbocycles. The summed E-state index contributed by atoms with van der Waals surface area (Å²) in [7, 11) is 1.68. The van der Waals surface area contributed by atoms with E-state index in [4.69, 9.17) is 14.2 Å². The summed E-state index contributed by atoms with van der Waals surface area (Å²) >= 11 is 0. The monoisotopic (exact) mass is 267 g/mol. The lowest BCUT2D eigenvalue weighted by Gasteiger charge is -2.08. The van der Waals surface area contributed by atoms with Gasteiger partial charge in [-0.15, -0.1) is 0 Å². The Morgan fingerprint density at radius 1 is 1.00 bits per heavy atom. The van der Waals surface area contributed by atoms with Gasteiger partial charge in [0, 0.05) is 25.9 Å². The van der Waals surface area contributed by atoms with Crippen LogP contribution in [-0.2, 0) is 9.47 Å². The molecule has 1 aromatic rings. The molecule has 19 heavy (non-hydrogen) atoms. The van der Waals surface area contributed by atoms with E-state index in [1.54, 1.807) is 7.11 Å². The first-order valence-electron chi connectivity index (χ1n) is 6.90. The van der Waals surface area contributed by atoms with Crippen molar-refractivity contribution in [1.82, 2.24) is 0 Å². The van der Waals surface area contributed by atoms with Crippen LogP contribution in [0.4, 0.5) is 5.69 Å². The van der Waals surface area contributed by atoms with Gasteiger partial charge in [0.15, 0.2) is 0 Å². The van der Waals surface area contributed by atoms with Crippen LogP contribution in [0.2, 0.25) is 0 Å². The fourth-order valence-electron chi connectivity index (χ4n) is 1.54. The van der Waals surface area contributed by atoms with E-state index in [0.29, 0.717) is 13.2 Å². The number of hydrogen-bond donors (Lipinski definition) is 1. The average Bonchev–Trinajstić information content (AvgIpc) is 2.45. The van der Waals surface area contributed by atoms with Crippen molar-refractivity contribution >= 4 is 5.69 Å². The van der Waals surface area contributed by atoms with Crippen molar-refractivity contribution in [2.24, 2.45) is 0 Å². The van der Waals surface area contributed by atoms with Gasteiger partial charge in [-0.05, 0) is 37.1 Å². The third-order valence-corrected chi connectivity index (χ3v) is 2.55. The summed E-state index contributed by atoms with van der Waals surface area (Å²) in [5.41, 5.74) is 1.11. The van der Waals surface area contributed by atoms with E-state index >= 15 is 0 Å². The number of hydrogen-bond acceptors (Lipinski definition) is 4. The van der Waals surface area contributed by atoms with Crippen LogP contribution in [0.25, 0.3) is 0 Å². The Balaban J connectivity index is 2.09. The van der Waals surface area contributed by atoms with Crippen molar-refractivity contribution < 1.29 is 14.2 Å². The van der Waals surface area contributed by atoms with E-state index < -0.39 is 0 Å². The van der Waals surface area contributed by atoms with Gasteiger partial charge in [-0.25, -0.2) is 0 Å². The molecule has 0 saturated heterocycles. The van der Waals surface area contributed by atoms with Crippen molar-refractivity contribution in [1.29, 1.82) is 0 Å². The molecule has 0 spiro atoms. The molecule has 4 nitrogen and oxygen atoms in total. The number of benzene rings is 1. The molecule has 4 heteroatoms. The lowest BCUT2D eigenvalue weighted by atomic mass is 10.3. The van der Waals surface area contributed by atoms with Gasteiger partial charge in [-0.2, -0.15) is 0 Å². The second-order valence-corrected chi connectivity index (χ2v) is 4.26. The zero-order valence-electron chi connectivity index (χ0n) is 12.0. The maximum atomic E-state index is 5.53. The molecule has 1 N–H and O–H groups in total. The quantitative estimate of drug-likeness (QED) is 0.626. The van der Waals surface area contributed by atoms with Gasteiger partial charge in [-0.1, -0.05) is 6.92 Å². The van der Waals surface area contributed by atoms with E-state index in [2.05, 4.69) is 12.2 Å². The zero-order valence-corrected chi connectivity index (χ0v) is 12.0. The molecule has 0 aliphatic heterocycles. The average molecular weight is 267 g/mol. The molecule has 0 aliphatic rings. The van der Waals surface area contributed by atoms with Gasteiger partial charge in [-0.3, -0.25) is 0 Å². The molecular formula is C15H25NO3. The summed E-state index contributed by atoms with van der Waals surface area (Å²) < 4.78 is 15.8. The highest BCUT2D eigenvalue weighted by atomic mass is 16.5. The van der Waals surface area contributed by atoms with Crippen molar-refractivity contribution in [3.63, 3.8) is 0 Å². The van der Waals surface area contributed by atoms with Crippen molar-refractivity contribution in [3.05, 3.63) is 24.3 Å². The number of nitrogens with one attached hydrogen (secondary N) is 1. The van der Waals surface area contributed by atoms with E-state index in [-0.39, 0.29) is 0 Å². The molecule has 0 radical (unpaired) electrons. The minimum absolute atomic E-state index is 0.659. The maximum absolute atomic E-state index is 5.53. The standard InChI is InChI=1S/C15H25NO3/c1-3-10-19-15-7-5-14(6-8-15)16-9-4-11-18-13-12-17-2/h5-8,16H,3-4,9-13H2,1-2H3. The van der Waals surface area contributed by atoms with Gasteiger partial charge in [0.1, 0.15) is 5.75 Å². The number of ether oxygens (including phenoxy) is 3. The topological polar surface area (TPSA) is 39.7 Å². The fourth-order valence-corrected chi connectivity index (χ4v) is 1.54. The summed E-state index contributed by atoms with van der Waals surface area (Å²) in [5, 5.41) is 3.35. The largest absolute Gasteiger partial charge is 0.494 e. The first-order valence-corrected chi connectivity index (χ1v) is 6.90. The lowest BCUT2D eigenvalue weighted by molar-refractivity contribution is 0.0705. The van der Waals surface area contributed by atoms with Crippen LogP contribution in [0.3, 0.4) is 0 Å². The minimum atomic E-state index is 0.659. The Hall–Kier alpha value is -1.26. The highest BCUT2D eigenvalue weighted by Crippen LogP contribution is 2.15. The van der Waals surface area contributed by atoms with Crippen LogP contribution in [0.5, 0.6) is 5.75 Å². The van der Waals surface area contributed by atoms with Crippen LogP contribution >= 0.6 is 0 Å². The number of methoxy groups -OCH3 is 1. The molecular weight excluding hydrogens is 242 g/mol. The molecule has 0 aliphatic carbocycles. The van der Waals surface area contributed by atoms with Crippen LogP contribution in [0, 0.1) is 0 Å². The zero-order chi connectivity index (χ0) is 13.8. The van der Waals surface area contributed by atoms with Gasteiger partial charge in [0.2, 0.25) is 0 Å². The summed E-state index contributed by atoms with van der Waals surface area (Å²) in [4.78, 5) is 0. The normalized spacial score (nSPS) is 10.4. The van der Waals surface area contributed by atoms with Gasteiger partial charge < -0.3 is 19.5 Å². The van der Waals surface area contributed by atoms with E-state index in [9.17, 15) is 0 Å². The molecule has 1 aromatic carbocycles. The molecule has 0 bridgehead atoms. The van der Waals surface area contributed by atoms with Crippen LogP contribution < -0.4 is 10.1 Å². The number of rotatable bonds is 11. The Morgan fingerprint density at radius 3 is 2.47 bits per heavy atom. The molecule has 0 fully saturated rings. The molecule has 0 atom stereocenters. The van der Waals surface area contributed by atoms with Crippen molar-refractivity contribution in [3.8, 4) is 5.75 Å². The highest BCUT2D eigenvalue weighted by Gasteiger charge is 1.95. The Labute approximate surface area is 116 Å². The molecule has 0 amide bonds. The smallest absolute Gasteiger partial charge is 0.119 e. The van der Waals surface area contributed by atoms with Gasteiger partial charge in [0.05, 0.1) is 19.8 Å². The molecule has 108 valence electrons. The predicted molar refractivity (Wildman–Crippen MR) is 78.0 cm³/mol. The van der Waals surface area contributed by atoms with Crippen LogP contribution in [0.1, 0.15) is 19.8 Å². The third kappa shape index (κ3) is 7.70. The lowest BCUT2D eigenvalue weighted by Crippen LogP contribution is -2.08. The summed E-state index contributed by atoms with van der Waals surface area (Å²) in [6, 6.07) is 8.06. The predicted octanol–water partition coefficient (Wildman–Crippen LogP) is 2.94. The summed E-state index contributed by atoms with van der Waals surface area (Å²) in [6.45, 7) is 5.86. The molecule has 0 unspecified atom stereocenters. The molecule has 1 rings (SSSR count). The van der Waals surface area contributed by atoms with Gasteiger partial charge >= 0.3 is 0 Å². The van der Waals surface area contributed by atoms with Crippen molar-refractivity contribution in [2.75, 3.05) is 45.4 Å².